The quantitative estimate of drug-likeness (QED) is 0.871. The molecule has 1 amide bonds. The van der Waals surface area contributed by atoms with Gasteiger partial charge in [0.1, 0.15) is 0 Å². The maximum absolute atomic E-state index is 12.1. The van der Waals surface area contributed by atoms with Gasteiger partial charge in [0.2, 0.25) is 5.91 Å². The van der Waals surface area contributed by atoms with Crippen molar-refractivity contribution in [3.8, 4) is 0 Å². The normalized spacial score (nSPS) is 20.0. The van der Waals surface area contributed by atoms with Gasteiger partial charge in [-0.15, -0.1) is 0 Å². The number of likely N-dealkylation sites (N-methyl/N-ethyl adjacent to an activating group) is 1. The van der Waals surface area contributed by atoms with Crippen LogP contribution in [-0.4, -0.2) is 38.6 Å². The summed E-state index contributed by atoms with van der Waals surface area (Å²) in [5, 5.41) is 3.05. The van der Waals surface area contributed by atoms with E-state index < -0.39 is 0 Å². The third-order valence-electron chi connectivity index (χ3n) is 5.44. The van der Waals surface area contributed by atoms with E-state index in [-0.39, 0.29) is 5.91 Å². The molecule has 0 atom stereocenters. The second-order valence-electron chi connectivity index (χ2n) is 7.04. The van der Waals surface area contributed by atoms with Crippen LogP contribution >= 0.6 is 0 Å². The van der Waals surface area contributed by atoms with Crippen molar-refractivity contribution in [3.05, 3.63) is 24.3 Å². The van der Waals surface area contributed by atoms with Crippen LogP contribution in [0.5, 0.6) is 0 Å². The van der Waals surface area contributed by atoms with E-state index in [1.807, 2.05) is 12.1 Å². The van der Waals surface area contributed by atoms with Gasteiger partial charge in [-0.05, 0) is 49.9 Å². The maximum atomic E-state index is 12.1. The Bertz CT molecular complexity index is 500. The minimum atomic E-state index is 0.171. The molecule has 2 N–H and O–H groups in total. The van der Waals surface area contributed by atoms with E-state index in [0.717, 1.165) is 18.8 Å². The van der Waals surface area contributed by atoms with Gasteiger partial charge in [0, 0.05) is 17.8 Å². The van der Waals surface area contributed by atoms with Gasteiger partial charge in [0.15, 0.2) is 0 Å². The number of piperazine rings is 1. The van der Waals surface area contributed by atoms with Crippen LogP contribution in [0.3, 0.4) is 0 Å². The lowest BCUT2D eigenvalue weighted by molar-refractivity contribution is -0.898. The van der Waals surface area contributed by atoms with Crippen molar-refractivity contribution >= 4 is 17.3 Å². The largest absolute Gasteiger partial charge is 0.360 e. The van der Waals surface area contributed by atoms with Gasteiger partial charge < -0.3 is 15.1 Å². The molecule has 0 unspecified atom stereocenters. The summed E-state index contributed by atoms with van der Waals surface area (Å²) in [5.41, 5.74) is 2.20. The fourth-order valence-corrected chi connectivity index (χ4v) is 3.88. The zero-order valence-electron chi connectivity index (χ0n) is 14.3. The minimum Gasteiger partial charge on any atom is -0.360 e. The molecule has 0 aromatic heterocycles. The van der Waals surface area contributed by atoms with Crippen molar-refractivity contribution in [1.29, 1.82) is 0 Å². The van der Waals surface area contributed by atoms with Crippen molar-refractivity contribution in [2.75, 3.05) is 42.9 Å². The van der Waals surface area contributed by atoms with Crippen LogP contribution in [0.15, 0.2) is 24.3 Å². The number of benzene rings is 1. The molecule has 1 aliphatic heterocycles. The van der Waals surface area contributed by atoms with Gasteiger partial charge in [-0.25, -0.2) is 0 Å². The Morgan fingerprint density at radius 2 is 1.83 bits per heavy atom. The Hall–Kier alpha value is -1.55. The van der Waals surface area contributed by atoms with Gasteiger partial charge in [-0.3, -0.25) is 4.79 Å². The fraction of sp³-hybridized carbons (Fsp3) is 0.632. The molecule has 4 heteroatoms. The van der Waals surface area contributed by atoms with Crippen LogP contribution < -0.4 is 15.1 Å². The summed E-state index contributed by atoms with van der Waals surface area (Å²) < 4.78 is 0. The Morgan fingerprint density at radius 3 is 2.43 bits per heavy atom. The summed E-state index contributed by atoms with van der Waals surface area (Å²) in [5.74, 6) is 0.774. The number of carbonyl (C=O) groups excluding carboxylic acids is 1. The fourth-order valence-electron chi connectivity index (χ4n) is 3.88. The van der Waals surface area contributed by atoms with E-state index in [0.29, 0.717) is 12.3 Å². The summed E-state index contributed by atoms with van der Waals surface area (Å²) >= 11 is 0. The minimum absolute atomic E-state index is 0.171. The van der Waals surface area contributed by atoms with Crippen molar-refractivity contribution in [2.45, 2.75) is 39.0 Å². The highest BCUT2D eigenvalue weighted by Gasteiger charge is 2.20. The van der Waals surface area contributed by atoms with Crippen LogP contribution in [0.2, 0.25) is 0 Å². The van der Waals surface area contributed by atoms with Gasteiger partial charge in [0.05, 0.1) is 32.7 Å². The number of rotatable bonds is 5. The molecule has 1 saturated heterocycles. The van der Waals surface area contributed by atoms with E-state index in [4.69, 9.17) is 0 Å². The zero-order valence-corrected chi connectivity index (χ0v) is 14.3. The SMILES string of the molecule is CC[NH+]1CCN(c2ccc(NC(=O)CC3CCCC3)cc2)CC1. The van der Waals surface area contributed by atoms with E-state index >= 15 is 0 Å². The third-order valence-corrected chi connectivity index (χ3v) is 5.44. The lowest BCUT2D eigenvalue weighted by Gasteiger charge is -2.33. The molecule has 1 aromatic carbocycles. The van der Waals surface area contributed by atoms with E-state index in [2.05, 4.69) is 29.3 Å². The topological polar surface area (TPSA) is 36.8 Å². The van der Waals surface area contributed by atoms with Gasteiger partial charge in [-0.2, -0.15) is 0 Å². The van der Waals surface area contributed by atoms with E-state index in [9.17, 15) is 4.79 Å². The van der Waals surface area contributed by atoms with Gasteiger partial charge in [-0.1, -0.05) is 12.8 Å². The highest BCUT2D eigenvalue weighted by Crippen LogP contribution is 2.28. The first kappa shape index (κ1) is 16.3. The van der Waals surface area contributed by atoms with Gasteiger partial charge in [0.25, 0.3) is 0 Å². The molecule has 1 saturated carbocycles. The molecular weight excluding hydrogens is 286 g/mol. The lowest BCUT2D eigenvalue weighted by Crippen LogP contribution is -3.14. The molecule has 0 radical (unpaired) electrons. The van der Waals surface area contributed by atoms with Crippen molar-refractivity contribution in [3.63, 3.8) is 0 Å². The number of anilines is 2. The van der Waals surface area contributed by atoms with E-state index in [1.54, 1.807) is 4.90 Å². The molecule has 4 nitrogen and oxygen atoms in total. The molecule has 1 aliphatic carbocycles. The number of amides is 1. The molecular formula is C19H30N3O+. The number of carbonyl (C=O) groups is 1. The molecule has 0 bridgehead atoms. The summed E-state index contributed by atoms with van der Waals surface area (Å²) in [6.45, 7) is 8.16. The van der Waals surface area contributed by atoms with Crippen molar-refractivity contribution in [2.24, 2.45) is 5.92 Å². The smallest absolute Gasteiger partial charge is 0.224 e. The molecule has 2 fully saturated rings. The lowest BCUT2D eigenvalue weighted by atomic mass is 10.0. The molecule has 2 aliphatic rings. The molecule has 1 aromatic rings. The predicted molar refractivity (Wildman–Crippen MR) is 95.1 cm³/mol. The Morgan fingerprint density at radius 1 is 1.17 bits per heavy atom. The van der Waals surface area contributed by atoms with Crippen LogP contribution in [0.1, 0.15) is 39.0 Å². The van der Waals surface area contributed by atoms with Crippen molar-refractivity contribution in [1.82, 2.24) is 0 Å². The average molecular weight is 316 g/mol. The Labute approximate surface area is 139 Å². The second kappa shape index (κ2) is 7.82. The zero-order chi connectivity index (χ0) is 16.1. The maximum Gasteiger partial charge on any atom is 0.224 e. The Balaban J connectivity index is 1.49. The van der Waals surface area contributed by atoms with Crippen LogP contribution in [-0.2, 0) is 4.79 Å². The number of quaternary nitrogens is 1. The number of hydrogen-bond donors (Lipinski definition) is 2. The summed E-state index contributed by atoms with van der Waals surface area (Å²) in [7, 11) is 0. The first-order valence-electron chi connectivity index (χ1n) is 9.23. The molecule has 126 valence electrons. The monoisotopic (exact) mass is 316 g/mol. The highest BCUT2D eigenvalue weighted by atomic mass is 16.1. The summed E-state index contributed by atoms with van der Waals surface area (Å²) in [6.07, 6.45) is 5.71. The van der Waals surface area contributed by atoms with Crippen molar-refractivity contribution < 1.29 is 9.69 Å². The molecule has 3 rings (SSSR count). The predicted octanol–water partition coefficient (Wildman–Crippen LogP) is 1.93. The molecule has 23 heavy (non-hydrogen) atoms. The second-order valence-corrected chi connectivity index (χ2v) is 7.04. The average Bonchev–Trinajstić information content (AvgIpc) is 3.08. The highest BCUT2D eigenvalue weighted by molar-refractivity contribution is 5.91. The number of nitrogens with zero attached hydrogens (tertiary/aromatic N) is 1. The Kier molecular flexibility index (Phi) is 5.55. The number of nitrogens with one attached hydrogen (secondary N) is 2. The van der Waals surface area contributed by atoms with Gasteiger partial charge >= 0.3 is 0 Å². The van der Waals surface area contributed by atoms with E-state index in [1.165, 1.54) is 51.0 Å². The third kappa shape index (κ3) is 4.47. The summed E-state index contributed by atoms with van der Waals surface area (Å²) in [4.78, 5) is 16.2. The van der Waals surface area contributed by atoms with Crippen LogP contribution in [0.25, 0.3) is 0 Å². The summed E-state index contributed by atoms with van der Waals surface area (Å²) in [6, 6.07) is 8.37. The molecule has 1 heterocycles. The van der Waals surface area contributed by atoms with Crippen LogP contribution in [0.4, 0.5) is 11.4 Å². The first-order valence-corrected chi connectivity index (χ1v) is 9.23. The first-order chi connectivity index (χ1) is 11.2. The standard InChI is InChI=1S/C19H29N3O/c1-2-21-11-13-22(14-12-21)18-9-7-17(8-10-18)20-19(23)15-16-5-3-4-6-16/h7-10,16H,2-6,11-15H2,1H3,(H,20,23)/p+1. The van der Waals surface area contributed by atoms with Crippen LogP contribution in [0, 0.1) is 5.92 Å². The number of hydrogen-bond acceptors (Lipinski definition) is 2. The molecule has 0 spiro atoms.